The number of nitrogens with zero attached hydrogens (tertiary/aromatic N) is 1. The average molecular weight is 269 g/mol. The summed E-state index contributed by atoms with van der Waals surface area (Å²) >= 11 is 0. The molecule has 0 saturated heterocycles. The lowest BCUT2D eigenvalue weighted by Crippen LogP contribution is -2.13. The second-order valence-electron chi connectivity index (χ2n) is 4.44. The molecule has 0 amide bonds. The zero-order chi connectivity index (χ0) is 13.9. The molecule has 2 aromatic carbocycles. The first-order valence-corrected chi connectivity index (χ1v) is 6.34. The quantitative estimate of drug-likeness (QED) is 0.860. The van der Waals surface area contributed by atoms with Crippen molar-refractivity contribution in [3.8, 4) is 11.5 Å². The van der Waals surface area contributed by atoms with Gasteiger partial charge in [0, 0.05) is 16.7 Å². The molecule has 0 radical (unpaired) electrons. The van der Waals surface area contributed by atoms with Gasteiger partial charge in [0.25, 0.3) is 0 Å². The zero-order valence-corrected chi connectivity index (χ0v) is 11.4. The molecule has 0 fully saturated rings. The molecule has 1 aliphatic heterocycles. The Bertz CT molecular complexity index is 665. The third-order valence-electron chi connectivity index (χ3n) is 3.31. The highest BCUT2D eigenvalue weighted by molar-refractivity contribution is 6.14. The molecule has 4 heteroatoms. The molecule has 0 aromatic heterocycles. The van der Waals surface area contributed by atoms with E-state index < -0.39 is 0 Å². The molecule has 3 rings (SSSR count). The van der Waals surface area contributed by atoms with E-state index in [1.165, 1.54) is 0 Å². The Morgan fingerprint density at radius 2 is 1.80 bits per heavy atom. The molecule has 2 aromatic rings. The molecule has 1 aliphatic rings. The SMILES string of the molecule is COc1ccc(C2=NOCc3ccccc32)cc1OC. The number of benzene rings is 2. The molecule has 0 spiro atoms. The highest BCUT2D eigenvalue weighted by Crippen LogP contribution is 2.30. The Hall–Kier alpha value is -2.49. The molecule has 20 heavy (non-hydrogen) atoms. The van der Waals surface area contributed by atoms with Gasteiger partial charge in [-0.05, 0) is 18.2 Å². The van der Waals surface area contributed by atoms with E-state index in [-0.39, 0.29) is 0 Å². The van der Waals surface area contributed by atoms with E-state index in [1.807, 2.05) is 42.5 Å². The first kappa shape index (κ1) is 12.5. The summed E-state index contributed by atoms with van der Waals surface area (Å²) in [5, 5.41) is 4.19. The van der Waals surface area contributed by atoms with Crippen LogP contribution in [0.15, 0.2) is 47.6 Å². The number of fused-ring (bicyclic) bond motifs is 1. The number of hydrogen-bond acceptors (Lipinski definition) is 4. The summed E-state index contributed by atoms with van der Waals surface area (Å²) in [6, 6.07) is 13.8. The summed E-state index contributed by atoms with van der Waals surface area (Å²) in [5.74, 6) is 1.37. The Morgan fingerprint density at radius 3 is 2.60 bits per heavy atom. The summed E-state index contributed by atoms with van der Waals surface area (Å²) in [5.41, 5.74) is 3.97. The van der Waals surface area contributed by atoms with Gasteiger partial charge in [0.1, 0.15) is 12.3 Å². The Kier molecular flexibility index (Phi) is 3.29. The maximum absolute atomic E-state index is 5.33. The summed E-state index contributed by atoms with van der Waals surface area (Å²) in [4.78, 5) is 5.31. The van der Waals surface area contributed by atoms with Gasteiger partial charge in [-0.2, -0.15) is 0 Å². The number of rotatable bonds is 3. The van der Waals surface area contributed by atoms with Gasteiger partial charge in [0.15, 0.2) is 11.5 Å². The predicted molar refractivity (Wildman–Crippen MR) is 76.4 cm³/mol. The van der Waals surface area contributed by atoms with Crippen molar-refractivity contribution < 1.29 is 14.3 Å². The fraction of sp³-hybridized carbons (Fsp3) is 0.188. The van der Waals surface area contributed by atoms with Crippen LogP contribution in [0, 0.1) is 0 Å². The van der Waals surface area contributed by atoms with Gasteiger partial charge < -0.3 is 14.3 Å². The lowest BCUT2D eigenvalue weighted by atomic mass is 9.97. The van der Waals surface area contributed by atoms with Gasteiger partial charge in [0.2, 0.25) is 0 Å². The highest BCUT2D eigenvalue weighted by Gasteiger charge is 2.18. The fourth-order valence-electron chi connectivity index (χ4n) is 2.28. The van der Waals surface area contributed by atoms with E-state index in [0.29, 0.717) is 18.1 Å². The largest absolute Gasteiger partial charge is 0.493 e. The maximum atomic E-state index is 5.33. The van der Waals surface area contributed by atoms with Crippen molar-refractivity contribution in [2.24, 2.45) is 5.16 Å². The molecule has 4 nitrogen and oxygen atoms in total. The van der Waals surface area contributed by atoms with Crippen molar-refractivity contribution in [2.45, 2.75) is 6.61 Å². The van der Waals surface area contributed by atoms with Crippen molar-refractivity contribution in [1.82, 2.24) is 0 Å². The maximum Gasteiger partial charge on any atom is 0.161 e. The van der Waals surface area contributed by atoms with E-state index in [0.717, 1.165) is 22.4 Å². The molecule has 0 bridgehead atoms. The molecule has 0 aliphatic carbocycles. The van der Waals surface area contributed by atoms with Crippen molar-refractivity contribution in [1.29, 1.82) is 0 Å². The average Bonchev–Trinajstić information content (AvgIpc) is 2.53. The second-order valence-corrected chi connectivity index (χ2v) is 4.44. The summed E-state index contributed by atoms with van der Waals surface area (Å²) in [6.07, 6.45) is 0. The normalized spacial score (nSPS) is 13.0. The van der Waals surface area contributed by atoms with Crippen LogP contribution in [-0.2, 0) is 11.4 Å². The van der Waals surface area contributed by atoms with Gasteiger partial charge >= 0.3 is 0 Å². The number of ether oxygens (including phenoxy) is 2. The lowest BCUT2D eigenvalue weighted by Gasteiger charge is -2.17. The minimum Gasteiger partial charge on any atom is -0.493 e. The van der Waals surface area contributed by atoms with Crippen LogP contribution in [0.1, 0.15) is 16.7 Å². The van der Waals surface area contributed by atoms with Crippen molar-refractivity contribution >= 4 is 5.71 Å². The standard InChI is InChI=1S/C16H15NO3/c1-18-14-8-7-11(9-15(14)19-2)16-13-6-4-3-5-12(13)10-20-17-16/h3-9H,10H2,1-2H3. The van der Waals surface area contributed by atoms with Crippen LogP contribution in [0.3, 0.4) is 0 Å². The Labute approximate surface area is 117 Å². The topological polar surface area (TPSA) is 40.0 Å². The third-order valence-corrected chi connectivity index (χ3v) is 3.31. The van der Waals surface area contributed by atoms with Crippen LogP contribution >= 0.6 is 0 Å². The van der Waals surface area contributed by atoms with Gasteiger partial charge in [-0.3, -0.25) is 0 Å². The predicted octanol–water partition coefficient (Wildman–Crippen LogP) is 2.99. The summed E-state index contributed by atoms with van der Waals surface area (Å²) < 4.78 is 10.6. The van der Waals surface area contributed by atoms with E-state index >= 15 is 0 Å². The van der Waals surface area contributed by atoms with Gasteiger partial charge in [-0.25, -0.2) is 0 Å². The Balaban J connectivity index is 2.07. The van der Waals surface area contributed by atoms with Crippen LogP contribution in [-0.4, -0.2) is 19.9 Å². The molecule has 1 heterocycles. The number of oxime groups is 1. The van der Waals surface area contributed by atoms with Gasteiger partial charge in [0.05, 0.1) is 14.2 Å². The minimum absolute atomic E-state index is 0.507. The zero-order valence-electron chi connectivity index (χ0n) is 11.4. The first-order chi connectivity index (χ1) is 9.83. The minimum atomic E-state index is 0.507. The second kappa shape index (κ2) is 5.25. The molecule has 0 N–H and O–H groups in total. The molecule has 0 saturated carbocycles. The van der Waals surface area contributed by atoms with Crippen LogP contribution in [0.5, 0.6) is 11.5 Å². The molecule has 0 unspecified atom stereocenters. The number of hydrogen-bond donors (Lipinski definition) is 0. The van der Waals surface area contributed by atoms with E-state index in [1.54, 1.807) is 14.2 Å². The van der Waals surface area contributed by atoms with E-state index in [4.69, 9.17) is 14.3 Å². The smallest absolute Gasteiger partial charge is 0.161 e. The summed E-state index contributed by atoms with van der Waals surface area (Å²) in [7, 11) is 3.24. The molecular weight excluding hydrogens is 254 g/mol. The Morgan fingerprint density at radius 1 is 1.00 bits per heavy atom. The molecular formula is C16H15NO3. The molecule has 0 atom stereocenters. The van der Waals surface area contributed by atoms with Crippen LogP contribution in [0.25, 0.3) is 0 Å². The lowest BCUT2D eigenvalue weighted by molar-refractivity contribution is 0.126. The van der Waals surface area contributed by atoms with E-state index in [9.17, 15) is 0 Å². The van der Waals surface area contributed by atoms with Crippen molar-refractivity contribution in [2.75, 3.05) is 14.2 Å². The van der Waals surface area contributed by atoms with Gasteiger partial charge in [-0.1, -0.05) is 29.4 Å². The highest BCUT2D eigenvalue weighted by atomic mass is 16.6. The van der Waals surface area contributed by atoms with Crippen molar-refractivity contribution in [3.05, 3.63) is 59.2 Å². The molecule has 102 valence electrons. The van der Waals surface area contributed by atoms with Crippen LogP contribution in [0.2, 0.25) is 0 Å². The monoisotopic (exact) mass is 269 g/mol. The number of methoxy groups -OCH3 is 2. The first-order valence-electron chi connectivity index (χ1n) is 6.34. The van der Waals surface area contributed by atoms with E-state index in [2.05, 4.69) is 5.16 Å². The van der Waals surface area contributed by atoms with Gasteiger partial charge in [-0.15, -0.1) is 0 Å². The van der Waals surface area contributed by atoms with Crippen LogP contribution < -0.4 is 9.47 Å². The summed E-state index contributed by atoms with van der Waals surface area (Å²) in [6.45, 7) is 0.507. The van der Waals surface area contributed by atoms with Crippen molar-refractivity contribution in [3.63, 3.8) is 0 Å². The third kappa shape index (κ3) is 2.09. The van der Waals surface area contributed by atoms with Crippen LogP contribution in [0.4, 0.5) is 0 Å². The fourth-order valence-corrected chi connectivity index (χ4v) is 2.28.